The highest BCUT2D eigenvalue weighted by molar-refractivity contribution is 5.95. The Bertz CT molecular complexity index is 1210. The van der Waals surface area contributed by atoms with Crippen LogP contribution in [-0.2, 0) is 13.0 Å². The average molecular weight is 409 g/mol. The Kier molecular flexibility index (Phi) is 6.03. The minimum atomic E-state index is -0.926. The monoisotopic (exact) mass is 409 g/mol. The Labute approximate surface area is 181 Å². The first-order valence-electron chi connectivity index (χ1n) is 10.2. The zero-order valence-electron chi connectivity index (χ0n) is 17.3. The predicted octanol–water partition coefficient (Wildman–Crippen LogP) is 5.48. The third-order valence-corrected chi connectivity index (χ3v) is 5.08. The maximum atomic E-state index is 11.5. The SMILES string of the molecule is C/C=C/Cn1nc(-c2ccccc2)nc1Cc1ccc(-c2ccccc2C(=O)O)cc1. The number of nitrogens with zero attached hydrogens (tertiary/aromatic N) is 3. The maximum Gasteiger partial charge on any atom is 0.336 e. The predicted molar refractivity (Wildman–Crippen MR) is 122 cm³/mol. The highest BCUT2D eigenvalue weighted by Crippen LogP contribution is 2.25. The fourth-order valence-electron chi connectivity index (χ4n) is 3.47. The van der Waals surface area contributed by atoms with Crippen LogP contribution in [-0.4, -0.2) is 25.8 Å². The second-order valence-electron chi connectivity index (χ2n) is 7.19. The van der Waals surface area contributed by atoms with Gasteiger partial charge in [0.2, 0.25) is 0 Å². The smallest absolute Gasteiger partial charge is 0.336 e. The van der Waals surface area contributed by atoms with Crippen LogP contribution in [0.4, 0.5) is 0 Å². The van der Waals surface area contributed by atoms with Crippen LogP contribution >= 0.6 is 0 Å². The Hall–Kier alpha value is -3.99. The van der Waals surface area contributed by atoms with Crippen molar-refractivity contribution in [1.82, 2.24) is 14.8 Å². The van der Waals surface area contributed by atoms with E-state index >= 15 is 0 Å². The van der Waals surface area contributed by atoms with Crippen LogP contribution in [0.5, 0.6) is 0 Å². The highest BCUT2D eigenvalue weighted by Gasteiger charge is 2.13. The summed E-state index contributed by atoms with van der Waals surface area (Å²) in [6, 6.07) is 25.0. The van der Waals surface area contributed by atoms with E-state index in [1.54, 1.807) is 12.1 Å². The molecule has 0 bridgehead atoms. The molecule has 0 aliphatic rings. The van der Waals surface area contributed by atoms with Crippen molar-refractivity contribution >= 4 is 5.97 Å². The first kappa shape index (κ1) is 20.3. The number of carbonyl (C=O) groups is 1. The number of carboxylic acid groups (broad SMARTS) is 1. The number of allylic oxidation sites excluding steroid dienone is 2. The molecule has 5 heteroatoms. The largest absolute Gasteiger partial charge is 0.478 e. The second-order valence-corrected chi connectivity index (χ2v) is 7.19. The summed E-state index contributed by atoms with van der Waals surface area (Å²) in [7, 11) is 0. The lowest BCUT2D eigenvalue weighted by Gasteiger charge is -2.08. The molecule has 1 heterocycles. The van der Waals surface area contributed by atoms with E-state index in [1.165, 1.54) is 0 Å². The summed E-state index contributed by atoms with van der Waals surface area (Å²) < 4.78 is 1.93. The number of aromatic carboxylic acids is 1. The zero-order chi connectivity index (χ0) is 21.6. The van der Waals surface area contributed by atoms with Gasteiger partial charge in [0.05, 0.1) is 12.1 Å². The summed E-state index contributed by atoms with van der Waals surface area (Å²) in [5.41, 5.74) is 3.97. The lowest BCUT2D eigenvalue weighted by molar-refractivity contribution is 0.0697. The van der Waals surface area contributed by atoms with Gasteiger partial charge in [-0.3, -0.25) is 0 Å². The summed E-state index contributed by atoms with van der Waals surface area (Å²) in [6.45, 7) is 2.65. The Morgan fingerprint density at radius 1 is 0.935 bits per heavy atom. The molecule has 31 heavy (non-hydrogen) atoms. The summed E-state index contributed by atoms with van der Waals surface area (Å²) >= 11 is 0. The molecule has 0 unspecified atom stereocenters. The van der Waals surface area contributed by atoms with Crippen LogP contribution in [0.15, 0.2) is 91.0 Å². The second kappa shape index (κ2) is 9.22. The first-order chi connectivity index (χ1) is 15.2. The minimum absolute atomic E-state index is 0.300. The van der Waals surface area contributed by atoms with Crippen LogP contribution < -0.4 is 0 Å². The van der Waals surface area contributed by atoms with Gasteiger partial charge in [0.1, 0.15) is 5.82 Å². The maximum absolute atomic E-state index is 11.5. The number of benzene rings is 3. The van der Waals surface area contributed by atoms with Crippen LogP contribution in [0.25, 0.3) is 22.5 Å². The van der Waals surface area contributed by atoms with E-state index in [2.05, 4.69) is 6.08 Å². The van der Waals surface area contributed by atoms with Crippen LogP contribution in [0.1, 0.15) is 28.7 Å². The van der Waals surface area contributed by atoms with Gasteiger partial charge in [0, 0.05) is 12.0 Å². The third-order valence-electron chi connectivity index (χ3n) is 5.08. The van der Waals surface area contributed by atoms with E-state index < -0.39 is 5.97 Å². The van der Waals surface area contributed by atoms with Crippen molar-refractivity contribution in [2.75, 3.05) is 0 Å². The van der Waals surface area contributed by atoms with Crippen molar-refractivity contribution in [2.45, 2.75) is 19.9 Å². The van der Waals surface area contributed by atoms with Crippen molar-refractivity contribution in [3.05, 3.63) is 108 Å². The average Bonchev–Trinajstić information content (AvgIpc) is 3.21. The Balaban J connectivity index is 1.62. The van der Waals surface area contributed by atoms with Gasteiger partial charge in [0.15, 0.2) is 5.82 Å². The minimum Gasteiger partial charge on any atom is -0.478 e. The van der Waals surface area contributed by atoms with Crippen molar-refractivity contribution in [1.29, 1.82) is 0 Å². The topological polar surface area (TPSA) is 68.0 Å². The molecule has 0 spiro atoms. The van der Waals surface area contributed by atoms with Gasteiger partial charge in [-0.1, -0.05) is 84.9 Å². The fraction of sp³-hybridized carbons (Fsp3) is 0.115. The van der Waals surface area contributed by atoms with Crippen LogP contribution in [0, 0.1) is 0 Å². The number of rotatable bonds is 7. The van der Waals surface area contributed by atoms with Crippen LogP contribution in [0.2, 0.25) is 0 Å². The van der Waals surface area contributed by atoms with E-state index in [9.17, 15) is 9.90 Å². The molecule has 154 valence electrons. The number of hydrogen-bond donors (Lipinski definition) is 1. The number of hydrogen-bond acceptors (Lipinski definition) is 3. The molecule has 0 atom stereocenters. The van der Waals surface area contributed by atoms with Gasteiger partial charge in [0.25, 0.3) is 0 Å². The van der Waals surface area contributed by atoms with Crippen LogP contribution in [0.3, 0.4) is 0 Å². The molecular weight excluding hydrogens is 386 g/mol. The third kappa shape index (κ3) is 4.61. The molecule has 0 amide bonds. The quantitative estimate of drug-likeness (QED) is 0.411. The summed E-state index contributed by atoms with van der Waals surface area (Å²) in [4.78, 5) is 16.3. The van der Waals surface area contributed by atoms with Crippen molar-refractivity contribution in [3.8, 4) is 22.5 Å². The molecule has 1 N–H and O–H groups in total. The van der Waals surface area contributed by atoms with E-state index in [1.807, 2.05) is 84.4 Å². The van der Waals surface area contributed by atoms with Gasteiger partial charge in [-0.05, 0) is 29.7 Å². The van der Waals surface area contributed by atoms with Crippen molar-refractivity contribution in [3.63, 3.8) is 0 Å². The van der Waals surface area contributed by atoms with E-state index in [-0.39, 0.29) is 0 Å². The zero-order valence-corrected chi connectivity index (χ0v) is 17.3. The molecule has 0 saturated heterocycles. The normalized spacial score (nSPS) is 11.1. The standard InChI is InChI=1S/C26H23N3O2/c1-2-3-17-29-24(27-25(28-29)21-9-5-4-6-10-21)18-19-13-15-20(16-14-19)22-11-7-8-12-23(22)26(30)31/h2-16H,17-18H2,1H3,(H,30,31)/b3-2+. The fourth-order valence-corrected chi connectivity index (χ4v) is 3.47. The van der Waals surface area contributed by atoms with Gasteiger partial charge in [-0.25, -0.2) is 14.5 Å². The molecule has 3 aromatic carbocycles. The van der Waals surface area contributed by atoms with Gasteiger partial charge in [-0.2, -0.15) is 5.10 Å². The molecule has 4 aromatic rings. The van der Waals surface area contributed by atoms with Gasteiger partial charge in [-0.15, -0.1) is 0 Å². The van der Waals surface area contributed by atoms with Crippen molar-refractivity contribution < 1.29 is 9.90 Å². The van der Waals surface area contributed by atoms with E-state index in [0.29, 0.717) is 29.9 Å². The summed E-state index contributed by atoms with van der Waals surface area (Å²) in [5, 5.41) is 14.1. The first-order valence-corrected chi connectivity index (χ1v) is 10.2. The lowest BCUT2D eigenvalue weighted by Crippen LogP contribution is -2.05. The molecule has 4 rings (SSSR count). The van der Waals surface area contributed by atoms with Crippen molar-refractivity contribution in [2.24, 2.45) is 0 Å². The molecule has 1 aromatic heterocycles. The molecule has 0 saturated carbocycles. The Morgan fingerprint density at radius 3 is 2.35 bits per heavy atom. The van der Waals surface area contributed by atoms with E-state index in [4.69, 9.17) is 10.1 Å². The van der Waals surface area contributed by atoms with E-state index in [0.717, 1.165) is 22.5 Å². The van der Waals surface area contributed by atoms with Gasteiger partial charge >= 0.3 is 5.97 Å². The molecule has 0 radical (unpaired) electrons. The Morgan fingerprint density at radius 2 is 1.65 bits per heavy atom. The molecule has 5 nitrogen and oxygen atoms in total. The lowest BCUT2D eigenvalue weighted by atomic mass is 9.98. The molecule has 0 aliphatic heterocycles. The molecular formula is C26H23N3O2. The number of carboxylic acids is 1. The molecule has 0 fully saturated rings. The molecule has 0 aliphatic carbocycles. The summed E-state index contributed by atoms with van der Waals surface area (Å²) in [5.74, 6) is 0.674. The number of aromatic nitrogens is 3. The highest BCUT2D eigenvalue weighted by atomic mass is 16.4. The summed E-state index contributed by atoms with van der Waals surface area (Å²) in [6.07, 6.45) is 4.69. The van der Waals surface area contributed by atoms with Gasteiger partial charge < -0.3 is 5.11 Å².